The third kappa shape index (κ3) is 9.59. The van der Waals surface area contributed by atoms with Gasteiger partial charge < -0.3 is 38.8 Å². The minimum atomic E-state index is -1.10. The zero-order valence-corrected chi connectivity index (χ0v) is 33.7. The second-order valence-electron chi connectivity index (χ2n) is 15.2. The third-order valence-corrected chi connectivity index (χ3v) is 9.62. The van der Waals surface area contributed by atoms with Crippen molar-refractivity contribution in [1.82, 2.24) is 29.5 Å². The number of hydrogen-bond donors (Lipinski definition) is 1. The molecule has 14 heteroatoms. The van der Waals surface area contributed by atoms with Crippen molar-refractivity contribution < 1.29 is 28.8 Å². The Morgan fingerprint density at radius 1 is 0.911 bits per heavy atom. The summed E-state index contributed by atoms with van der Waals surface area (Å²) >= 11 is 0. The van der Waals surface area contributed by atoms with Gasteiger partial charge in [0.2, 0.25) is 0 Å². The van der Waals surface area contributed by atoms with E-state index in [2.05, 4.69) is 16.7 Å². The van der Waals surface area contributed by atoms with Crippen LogP contribution >= 0.6 is 0 Å². The molecule has 1 saturated heterocycles. The first kappa shape index (κ1) is 40.0. The number of rotatable bonds is 14. The average Bonchev–Trinajstić information content (AvgIpc) is 3.61. The molecule has 1 amide bonds. The Morgan fingerprint density at radius 2 is 1.52 bits per heavy atom. The quantitative estimate of drug-likeness (QED) is 0.128. The number of nitrogens with zero attached hydrogens (tertiary/aromatic N) is 8. The number of aliphatic hydroxyl groups is 1. The molecule has 14 nitrogen and oxygen atoms in total. The Morgan fingerprint density at radius 3 is 2.05 bits per heavy atom. The van der Waals surface area contributed by atoms with Crippen molar-refractivity contribution in [2.24, 2.45) is 0 Å². The fourth-order valence-electron chi connectivity index (χ4n) is 6.74. The highest BCUT2D eigenvalue weighted by Crippen LogP contribution is 2.31. The summed E-state index contributed by atoms with van der Waals surface area (Å²) in [5.41, 5.74) is 3.95. The number of piperazine rings is 1. The van der Waals surface area contributed by atoms with Gasteiger partial charge in [-0.1, -0.05) is 37.6 Å². The van der Waals surface area contributed by atoms with E-state index in [0.29, 0.717) is 62.0 Å². The van der Waals surface area contributed by atoms with Crippen molar-refractivity contribution in [2.45, 2.75) is 85.3 Å². The molecule has 3 aromatic heterocycles. The van der Waals surface area contributed by atoms with Crippen molar-refractivity contribution in [3.8, 4) is 17.5 Å². The van der Waals surface area contributed by atoms with Crippen molar-refractivity contribution >= 4 is 23.4 Å². The Labute approximate surface area is 329 Å². The van der Waals surface area contributed by atoms with E-state index in [1.165, 1.54) is 0 Å². The molecule has 0 spiro atoms. The number of amides is 1. The summed E-state index contributed by atoms with van der Waals surface area (Å²) in [6.45, 7) is 15.0. The second-order valence-corrected chi connectivity index (χ2v) is 15.2. The normalized spacial score (nSPS) is 14.4. The monoisotopic (exact) mass is 766 g/mol. The first-order chi connectivity index (χ1) is 26.8. The van der Waals surface area contributed by atoms with Gasteiger partial charge in [0.25, 0.3) is 0 Å². The van der Waals surface area contributed by atoms with Gasteiger partial charge in [0, 0.05) is 51.0 Å². The number of carbonyl (C=O) groups is 1. The number of aromatic nitrogens is 5. The van der Waals surface area contributed by atoms with Gasteiger partial charge in [0.05, 0.1) is 32.2 Å². The number of aliphatic hydroxyl groups excluding tert-OH is 1. The smallest absolute Gasteiger partial charge is 0.410 e. The Balaban J connectivity index is 1.32. The van der Waals surface area contributed by atoms with Gasteiger partial charge in [0.1, 0.15) is 29.0 Å². The van der Waals surface area contributed by atoms with Gasteiger partial charge in [-0.2, -0.15) is 4.98 Å². The molecule has 2 unspecified atom stereocenters. The fourth-order valence-corrected chi connectivity index (χ4v) is 6.74. The van der Waals surface area contributed by atoms with Gasteiger partial charge in [-0.05, 0) is 88.1 Å². The molecule has 2 aromatic carbocycles. The topological polar surface area (TPSA) is 140 Å². The van der Waals surface area contributed by atoms with Crippen molar-refractivity contribution in [3.63, 3.8) is 0 Å². The molecule has 5 aromatic rings. The van der Waals surface area contributed by atoms with Crippen molar-refractivity contribution in [3.05, 3.63) is 94.9 Å². The van der Waals surface area contributed by atoms with Crippen molar-refractivity contribution in [1.29, 1.82) is 0 Å². The van der Waals surface area contributed by atoms with Gasteiger partial charge in [-0.25, -0.2) is 19.3 Å². The summed E-state index contributed by atoms with van der Waals surface area (Å²) in [5.74, 6) is 2.90. The number of carbonyl (C=O) groups excluding carboxylic acids is 1. The Hall–Kier alpha value is -5.63. The molecule has 1 fully saturated rings. The zero-order valence-electron chi connectivity index (χ0n) is 33.7. The molecule has 2 atom stereocenters. The van der Waals surface area contributed by atoms with Crippen molar-refractivity contribution in [2.75, 3.05) is 50.2 Å². The fraction of sp³-hybridized carbons (Fsp3) is 0.452. The molecule has 0 aliphatic carbocycles. The van der Waals surface area contributed by atoms with E-state index < -0.39 is 11.7 Å². The third-order valence-electron chi connectivity index (χ3n) is 9.62. The summed E-state index contributed by atoms with van der Waals surface area (Å²) in [6, 6.07) is 18.0. The number of imidazole rings is 1. The van der Waals surface area contributed by atoms with Gasteiger partial charge in [-0.3, -0.25) is 0 Å². The predicted molar refractivity (Wildman–Crippen MR) is 215 cm³/mol. The SMILES string of the molecule is CCCC(C)Oc1nc(N(Cc2ccc(OC)cc2)Cc2ccc(OC)cc2)c2ncc(C(O)c3cnc(N4CCN(C(=O)OC(C)(C)C)CC4)c(C)c3)n2n1. The number of benzene rings is 2. The lowest BCUT2D eigenvalue weighted by Gasteiger charge is -2.36. The highest BCUT2D eigenvalue weighted by Gasteiger charge is 2.28. The van der Waals surface area contributed by atoms with E-state index in [9.17, 15) is 9.90 Å². The highest BCUT2D eigenvalue weighted by molar-refractivity contribution is 5.69. The lowest BCUT2D eigenvalue weighted by molar-refractivity contribution is 0.0240. The molecule has 1 aliphatic heterocycles. The molecule has 298 valence electrons. The molecule has 6 rings (SSSR count). The molecule has 56 heavy (non-hydrogen) atoms. The van der Waals surface area contributed by atoms with Crippen LogP contribution in [0.2, 0.25) is 0 Å². The van der Waals surface area contributed by atoms with Crippen LogP contribution in [0, 0.1) is 6.92 Å². The first-order valence-electron chi connectivity index (χ1n) is 19.2. The number of aryl methyl sites for hydroxylation is 1. The first-order valence-corrected chi connectivity index (χ1v) is 19.2. The van der Waals surface area contributed by atoms with Gasteiger partial charge in [-0.15, -0.1) is 5.10 Å². The second kappa shape index (κ2) is 17.4. The Kier molecular flexibility index (Phi) is 12.5. The standard InChI is InChI=1S/C42H54N8O6/c1-9-10-29(3)55-40-45-39(49(26-30-11-15-33(53-7)16-12-30)27-31-13-17-34(54-8)18-14-31)38-44-25-35(50(38)46-40)36(51)32-23-28(2)37(43-24-32)47-19-21-48(22-20-47)41(52)56-42(4,5)6/h11-18,23-25,29,36,51H,9-10,19-22,26-27H2,1-8H3. The molecule has 1 aliphatic rings. The van der Waals surface area contributed by atoms with Gasteiger partial charge in [0.15, 0.2) is 11.5 Å². The molecular weight excluding hydrogens is 713 g/mol. The van der Waals surface area contributed by atoms with E-state index in [4.69, 9.17) is 39.0 Å². The maximum Gasteiger partial charge on any atom is 0.410 e. The van der Waals surface area contributed by atoms with Crippen LogP contribution in [0.3, 0.4) is 0 Å². The number of pyridine rings is 1. The largest absolute Gasteiger partial charge is 0.497 e. The molecule has 0 saturated carbocycles. The van der Waals surface area contributed by atoms with Gasteiger partial charge >= 0.3 is 12.1 Å². The number of ether oxygens (including phenoxy) is 4. The van der Waals surface area contributed by atoms with E-state index >= 15 is 0 Å². The van der Waals surface area contributed by atoms with Crippen LogP contribution in [0.15, 0.2) is 67.0 Å². The maximum absolute atomic E-state index is 12.6. The van der Waals surface area contributed by atoms with Crippen LogP contribution in [0.25, 0.3) is 5.65 Å². The van der Waals surface area contributed by atoms with Crippen LogP contribution in [-0.2, 0) is 17.8 Å². The number of anilines is 2. The van der Waals surface area contributed by atoms with E-state index in [0.717, 1.165) is 46.8 Å². The minimum absolute atomic E-state index is 0.135. The van der Waals surface area contributed by atoms with E-state index in [1.54, 1.807) is 36.0 Å². The summed E-state index contributed by atoms with van der Waals surface area (Å²) in [4.78, 5) is 33.2. The molecular formula is C42H54N8O6. The van der Waals surface area contributed by atoms with E-state index in [-0.39, 0.29) is 18.2 Å². The summed E-state index contributed by atoms with van der Waals surface area (Å²) in [6.07, 6.45) is 3.54. The summed E-state index contributed by atoms with van der Waals surface area (Å²) in [5, 5.41) is 16.7. The molecule has 4 heterocycles. The number of fused-ring (bicyclic) bond motifs is 1. The van der Waals surface area contributed by atoms with Crippen LogP contribution in [0.5, 0.6) is 17.5 Å². The number of methoxy groups -OCH3 is 2. The lowest BCUT2D eigenvalue weighted by atomic mass is 10.1. The maximum atomic E-state index is 12.6. The minimum Gasteiger partial charge on any atom is -0.497 e. The summed E-state index contributed by atoms with van der Waals surface area (Å²) < 4.78 is 24.3. The molecule has 1 N–H and O–H groups in total. The zero-order chi connectivity index (χ0) is 40.0. The molecule has 0 radical (unpaired) electrons. The van der Waals surface area contributed by atoms with Crippen LogP contribution < -0.4 is 24.0 Å². The highest BCUT2D eigenvalue weighted by atomic mass is 16.6. The average molecular weight is 767 g/mol. The van der Waals surface area contributed by atoms with E-state index in [1.807, 2.05) is 89.2 Å². The lowest BCUT2D eigenvalue weighted by Crippen LogP contribution is -2.50. The number of hydrogen-bond acceptors (Lipinski definition) is 12. The molecule has 0 bridgehead atoms. The van der Waals surface area contributed by atoms with Crippen LogP contribution in [-0.4, -0.2) is 92.8 Å². The van der Waals surface area contributed by atoms with Crippen LogP contribution in [0.1, 0.15) is 81.5 Å². The predicted octanol–water partition coefficient (Wildman–Crippen LogP) is 6.76. The summed E-state index contributed by atoms with van der Waals surface area (Å²) in [7, 11) is 3.30. The Bertz CT molecular complexity index is 2030. The van der Waals surface area contributed by atoms with Crippen LogP contribution in [0.4, 0.5) is 16.4 Å².